The van der Waals surface area contributed by atoms with E-state index in [1.54, 1.807) is 18.2 Å². The Kier molecular flexibility index (Phi) is 7.03. The molecule has 0 aliphatic heterocycles. The lowest BCUT2D eigenvalue weighted by molar-refractivity contribution is -0.126. The normalized spacial score (nSPS) is 9.86. The highest BCUT2D eigenvalue weighted by Gasteiger charge is 2.11. The molecule has 1 rings (SSSR count). The summed E-state index contributed by atoms with van der Waals surface area (Å²) in [5.41, 5.74) is 2.51. The molecule has 0 heterocycles. The van der Waals surface area contributed by atoms with Gasteiger partial charge in [-0.25, -0.2) is 5.48 Å². The van der Waals surface area contributed by atoms with Gasteiger partial charge in [0.15, 0.2) is 6.61 Å². The maximum absolute atomic E-state index is 11.9. The molecule has 0 aromatic heterocycles. The van der Waals surface area contributed by atoms with Gasteiger partial charge in [0.1, 0.15) is 11.5 Å². The van der Waals surface area contributed by atoms with E-state index >= 15 is 0 Å². The van der Waals surface area contributed by atoms with Crippen molar-refractivity contribution < 1.29 is 23.9 Å². The van der Waals surface area contributed by atoms with Crippen molar-refractivity contribution in [3.05, 3.63) is 23.8 Å². The molecule has 1 aromatic carbocycles. The second kappa shape index (κ2) is 8.80. The van der Waals surface area contributed by atoms with E-state index in [4.69, 9.17) is 14.3 Å². The third kappa shape index (κ3) is 5.70. The molecule has 0 bridgehead atoms. The van der Waals surface area contributed by atoms with Crippen LogP contribution < -0.4 is 20.3 Å². The van der Waals surface area contributed by atoms with Crippen LogP contribution in [-0.2, 0) is 9.63 Å². The summed E-state index contributed by atoms with van der Waals surface area (Å²) >= 11 is 0. The molecule has 7 nitrogen and oxygen atoms in total. The zero-order valence-corrected chi connectivity index (χ0v) is 12.4. The van der Waals surface area contributed by atoms with E-state index in [1.807, 2.05) is 13.8 Å². The van der Waals surface area contributed by atoms with Crippen LogP contribution in [-0.4, -0.2) is 38.7 Å². The van der Waals surface area contributed by atoms with Crippen LogP contribution >= 0.6 is 0 Å². The maximum atomic E-state index is 11.9. The summed E-state index contributed by atoms with van der Waals surface area (Å²) in [7, 11) is 1.48. The first kappa shape index (κ1) is 16.8. The summed E-state index contributed by atoms with van der Waals surface area (Å²) in [6.45, 7) is 4.39. The summed E-state index contributed by atoms with van der Waals surface area (Å²) < 4.78 is 10.8. The first-order chi connectivity index (χ1) is 10.1. The molecule has 2 N–H and O–H groups in total. The lowest BCUT2D eigenvalue weighted by Gasteiger charge is -2.11. The van der Waals surface area contributed by atoms with Gasteiger partial charge in [0.05, 0.1) is 13.2 Å². The zero-order chi connectivity index (χ0) is 15.7. The van der Waals surface area contributed by atoms with Crippen molar-refractivity contribution in [3.63, 3.8) is 0 Å². The maximum Gasteiger partial charge on any atom is 0.275 e. The number of ether oxygens (including phenoxy) is 2. The fraction of sp³-hybridized carbons (Fsp3) is 0.429. The minimum Gasteiger partial charge on any atom is -0.494 e. The third-order valence-corrected chi connectivity index (χ3v) is 2.41. The number of carbonyl (C=O) groups excluding carboxylic acids is 2. The third-order valence-electron chi connectivity index (χ3n) is 2.41. The van der Waals surface area contributed by atoms with Gasteiger partial charge in [0, 0.05) is 18.7 Å². The van der Waals surface area contributed by atoms with Crippen molar-refractivity contribution in [2.45, 2.75) is 13.8 Å². The fourth-order valence-electron chi connectivity index (χ4n) is 1.50. The summed E-state index contributed by atoms with van der Waals surface area (Å²) in [4.78, 5) is 27.7. The quantitative estimate of drug-likeness (QED) is 0.696. The van der Waals surface area contributed by atoms with E-state index < -0.39 is 5.91 Å². The molecule has 0 aliphatic carbocycles. The summed E-state index contributed by atoms with van der Waals surface area (Å²) in [5, 5.41) is 2.37. The van der Waals surface area contributed by atoms with Crippen molar-refractivity contribution in [3.8, 4) is 11.5 Å². The number of hydroxylamine groups is 1. The second-order valence-electron chi connectivity index (χ2n) is 3.95. The molecule has 7 heteroatoms. The predicted octanol–water partition coefficient (Wildman–Crippen LogP) is 0.891. The summed E-state index contributed by atoms with van der Waals surface area (Å²) in [6, 6.07) is 4.85. The first-order valence-electron chi connectivity index (χ1n) is 6.64. The SMILES string of the molecule is CCOc1cc(OCC)cc(C(=O)NOCC(=O)NC)c1. The monoisotopic (exact) mass is 296 g/mol. The molecule has 0 saturated heterocycles. The standard InChI is InChI=1S/C14H20N2O5/c1-4-19-11-6-10(7-12(8-11)20-5-2)14(18)16-21-9-13(17)15-3/h6-8H,4-5,9H2,1-3H3,(H,15,17)(H,16,18). The van der Waals surface area contributed by atoms with E-state index in [0.717, 1.165) is 0 Å². The van der Waals surface area contributed by atoms with E-state index in [2.05, 4.69) is 10.8 Å². The van der Waals surface area contributed by atoms with Gasteiger partial charge in [0.2, 0.25) is 5.91 Å². The van der Waals surface area contributed by atoms with Gasteiger partial charge in [0.25, 0.3) is 5.91 Å². The molecule has 0 aliphatic rings. The van der Waals surface area contributed by atoms with Gasteiger partial charge >= 0.3 is 0 Å². The van der Waals surface area contributed by atoms with Crippen molar-refractivity contribution in [2.75, 3.05) is 26.9 Å². The molecule has 0 spiro atoms. The Morgan fingerprint density at radius 1 is 1.05 bits per heavy atom. The van der Waals surface area contributed by atoms with Crippen molar-refractivity contribution in [1.82, 2.24) is 10.8 Å². The Morgan fingerprint density at radius 3 is 2.10 bits per heavy atom. The van der Waals surface area contributed by atoms with Gasteiger partial charge in [-0.1, -0.05) is 0 Å². The molecular formula is C14H20N2O5. The Hall–Kier alpha value is -2.28. The average Bonchev–Trinajstić information content (AvgIpc) is 2.47. The van der Waals surface area contributed by atoms with E-state index in [-0.39, 0.29) is 12.5 Å². The lowest BCUT2D eigenvalue weighted by Crippen LogP contribution is -2.31. The Balaban J connectivity index is 2.74. The second-order valence-corrected chi connectivity index (χ2v) is 3.95. The van der Waals surface area contributed by atoms with Gasteiger partial charge < -0.3 is 14.8 Å². The molecule has 21 heavy (non-hydrogen) atoms. The number of hydrogen-bond donors (Lipinski definition) is 2. The highest BCUT2D eigenvalue weighted by atomic mass is 16.7. The highest BCUT2D eigenvalue weighted by molar-refractivity contribution is 5.94. The average molecular weight is 296 g/mol. The first-order valence-corrected chi connectivity index (χ1v) is 6.64. The Morgan fingerprint density at radius 2 is 1.62 bits per heavy atom. The Bertz CT molecular complexity index is 466. The minimum absolute atomic E-state index is 0.258. The molecule has 0 fully saturated rings. The molecule has 2 amide bonds. The predicted molar refractivity (Wildman–Crippen MR) is 76.3 cm³/mol. The molecular weight excluding hydrogens is 276 g/mol. The number of likely N-dealkylation sites (N-methyl/N-ethyl adjacent to an activating group) is 1. The van der Waals surface area contributed by atoms with Gasteiger partial charge in [-0.3, -0.25) is 14.4 Å². The van der Waals surface area contributed by atoms with Gasteiger partial charge in [-0.2, -0.15) is 0 Å². The van der Waals surface area contributed by atoms with E-state index in [0.29, 0.717) is 30.3 Å². The largest absolute Gasteiger partial charge is 0.494 e. The summed E-state index contributed by atoms with van der Waals surface area (Å²) in [5.74, 6) is 0.231. The van der Waals surface area contributed by atoms with Crippen LogP contribution in [0.4, 0.5) is 0 Å². The minimum atomic E-state index is -0.485. The van der Waals surface area contributed by atoms with Crippen LogP contribution in [0.15, 0.2) is 18.2 Å². The van der Waals surface area contributed by atoms with Crippen LogP contribution in [0.25, 0.3) is 0 Å². The molecule has 0 radical (unpaired) electrons. The van der Waals surface area contributed by atoms with Gasteiger partial charge in [-0.15, -0.1) is 0 Å². The molecule has 0 atom stereocenters. The number of rotatable bonds is 8. The number of hydrogen-bond acceptors (Lipinski definition) is 5. The molecule has 0 saturated carbocycles. The van der Waals surface area contributed by atoms with Crippen LogP contribution in [0.1, 0.15) is 24.2 Å². The summed E-state index contributed by atoms with van der Waals surface area (Å²) in [6.07, 6.45) is 0. The highest BCUT2D eigenvalue weighted by Crippen LogP contribution is 2.23. The topological polar surface area (TPSA) is 85.9 Å². The Labute approximate surface area is 123 Å². The molecule has 116 valence electrons. The zero-order valence-electron chi connectivity index (χ0n) is 12.4. The van der Waals surface area contributed by atoms with Crippen LogP contribution in [0.3, 0.4) is 0 Å². The van der Waals surface area contributed by atoms with Crippen molar-refractivity contribution in [2.24, 2.45) is 0 Å². The number of nitrogens with one attached hydrogen (secondary N) is 2. The van der Waals surface area contributed by atoms with E-state index in [1.165, 1.54) is 7.05 Å². The van der Waals surface area contributed by atoms with E-state index in [9.17, 15) is 9.59 Å². The molecule has 1 aromatic rings. The van der Waals surface area contributed by atoms with Crippen molar-refractivity contribution >= 4 is 11.8 Å². The lowest BCUT2D eigenvalue weighted by atomic mass is 10.2. The van der Waals surface area contributed by atoms with Crippen LogP contribution in [0.2, 0.25) is 0 Å². The fourth-order valence-corrected chi connectivity index (χ4v) is 1.50. The number of benzene rings is 1. The number of carbonyl (C=O) groups is 2. The smallest absolute Gasteiger partial charge is 0.275 e. The molecule has 0 unspecified atom stereocenters. The van der Waals surface area contributed by atoms with Crippen LogP contribution in [0.5, 0.6) is 11.5 Å². The number of amides is 2. The van der Waals surface area contributed by atoms with Gasteiger partial charge in [-0.05, 0) is 26.0 Å². The van der Waals surface area contributed by atoms with Crippen LogP contribution in [0, 0.1) is 0 Å². The van der Waals surface area contributed by atoms with Crippen molar-refractivity contribution in [1.29, 1.82) is 0 Å².